The van der Waals surface area contributed by atoms with Crippen LogP contribution in [0.25, 0.3) is 6.08 Å². The Kier molecular flexibility index (Phi) is 7.46. The fourth-order valence-electron chi connectivity index (χ4n) is 1.49. The fourth-order valence-corrected chi connectivity index (χ4v) is 1.49. The summed E-state index contributed by atoms with van der Waals surface area (Å²) in [5.74, 6) is -0.529. The van der Waals surface area contributed by atoms with Gasteiger partial charge in [0.2, 0.25) is 0 Å². The van der Waals surface area contributed by atoms with E-state index >= 15 is 0 Å². The first kappa shape index (κ1) is 15.7. The molecule has 2 N–H and O–H groups in total. The first-order chi connectivity index (χ1) is 9.76. The summed E-state index contributed by atoms with van der Waals surface area (Å²) in [6.45, 7) is 2.16. The molecule has 104 valence electrons. The van der Waals surface area contributed by atoms with E-state index < -0.39 is 5.91 Å². The SMILES string of the molecule is CCc1ccccc1.O=C(/C=C/c1ccccc1)NO. The zero-order valence-electron chi connectivity index (χ0n) is 11.5. The van der Waals surface area contributed by atoms with Crippen LogP contribution in [0.2, 0.25) is 0 Å². The average molecular weight is 269 g/mol. The Balaban J connectivity index is 0.000000217. The molecule has 0 heterocycles. The number of nitrogens with one attached hydrogen (secondary N) is 1. The van der Waals surface area contributed by atoms with Crippen LogP contribution >= 0.6 is 0 Å². The zero-order chi connectivity index (χ0) is 14.6. The lowest BCUT2D eigenvalue weighted by Crippen LogP contribution is -2.14. The molecule has 0 atom stereocenters. The molecule has 2 rings (SSSR count). The van der Waals surface area contributed by atoms with Gasteiger partial charge in [0.25, 0.3) is 5.91 Å². The Bertz CT molecular complexity index is 521. The van der Waals surface area contributed by atoms with Crippen LogP contribution in [0, 0.1) is 0 Å². The van der Waals surface area contributed by atoms with Gasteiger partial charge in [-0.25, -0.2) is 5.48 Å². The zero-order valence-corrected chi connectivity index (χ0v) is 11.5. The summed E-state index contributed by atoms with van der Waals surface area (Å²) in [6, 6.07) is 19.8. The topological polar surface area (TPSA) is 49.3 Å². The highest BCUT2D eigenvalue weighted by atomic mass is 16.5. The molecule has 0 aliphatic heterocycles. The molecule has 1 amide bonds. The molecule has 0 spiro atoms. The van der Waals surface area contributed by atoms with Gasteiger partial charge in [-0.2, -0.15) is 0 Å². The first-order valence-corrected chi connectivity index (χ1v) is 6.47. The molecular weight excluding hydrogens is 250 g/mol. The second-order valence-corrected chi connectivity index (χ2v) is 4.06. The van der Waals surface area contributed by atoms with Crippen LogP contribution in [-0.2, 0) is 11.2 Å². The number of rotatable bonds is 3. The Labute approximate surface area is 119 Å². The third kappa shape index (κ3) is 6.52. The van der Waals surface area contributed by atoms with Crippen LogP contribution in [0.5, 0.6) is 0 Å². The highest BCUT2D eigenvalue weighted by Crippen LogP contribution is 2.00. The Morgan fingerprint density at radius 2 is 1.60 bits per heavy atom. The minimum atomic E-state index is -0.529. The summed E-state index contributed by atoms with van der Waals surface area (Å²) in [4.78, 5) is 10.5. The molecule has 3 nitrogen and oxygen atoms in total. The molecule has 0 aromatic heterocycles. The van der Waals surface area contributed by atoms with Crippen molar-refractivity contribution in [1.29, 1.82) is 0 Å². The second-order valence-electron chi connectivity index (χ2n) is 4.06. The molecule has 2 aromatic rings. The molecule has 20 heavy (non-hydrogen) atoms. The van der Waals surface area contributed by atoms with E-state index in [1.54, 1.807) is 6.08 Å². The third-order valence-corrected chi connectivity index (χ3v) is 2.59. The number of hydrogen-bond donors (Lipinski definition) is 2. The number of hydrogen-bond acceptors (Lipinski definition) is 2. The van der Waals surface area contributed by atoms with Crippen molar-refractivity contribution in [2.75, 3.05) is 0 Å². The van der Waals surface area contributed by atoms with Crippen molar-refractivity contribution in [1.82, 2.24) is 5.48 Å². The van der Waals surface area contributed by atoms with Gasteiger partial charge in [-0.1, -0.05) is 67.6 Å². The quantitative estimate of drug-likeness (QED) is 0.509. The standard InChI is InChI=1S/C9H9NO2.C8H10/c11-9(10-12)7-6-8-4-2-1-3-5-8;1-2-8-6-4-3-5-7-8/h1-7,12H,(H,10,11);3-7H,2H2,1H3/b7-6+;. The number of amides is 1. The van der Waals surface area contributed by atoms with E-state index in [0.29, 0.717) is 0 Å². The average Bonchev–Trinajstić information content (AvgIpc) is 2.55. The van der Waals surface area contributed by atoms with Crippen LogP contribution < -0.4 is 5.48 Å². The van der Waals surface area contributed by atoms with E-state index in [0.717, 1.165) is 12.0 Å². The number of carbonyl (C=O) groups is 1. The fraction of sp³-hybridized carbons (Fsp3) is 0.118. The van der Waals surface area contributed by atoms with Gasteiger partial charge in [0.05, 0.1) is 0 Å². The summed E-state index contributed by atoms with van der Waals surface area (Å²) in [5.41, 5.74) is 3.84. The first-order valence-electron chi connectivity index (χ1n) is 6.47. The molecule has 0 saturated carbocycles. The number of carbonyl (C=O) groups excluding carboxylic acids is 1. The third-order valence-electron chi connectivity index (χ3n) is 2.59. The minimum Gasteiger partial charge on any atom is -0.288 e. The number of benzene rings is 2. The number of hydroxylamine groups is 1. The van der Waals surface area contributed by atoms with E-state index in [2.05, 4.69) is 31.2 Å². The molecule has 0 fully saturated rings. The molecule has 0 aliphatic carbocycles. The molecule has 0 aliphatic rings. The van der Waals surface area contributed by atoms with E-state index in [9.17, 15) is 4.79 Å². The van der Waals surface area contributed by atoms with Crippen molar-refractivity contribution in [3.05, 3.63) is 77.9 Å². The molecule has 0 bridgehead atoms. The molecule has 0 saturated heterocycles. The number of aryl methyl sites for hydroxylation is 1. The van der Waals surface area contributed by atoms with Gasteiger partial charge in [-0.05, 0) is 23.6 Å². The maximum absolute atomic E-state index is 10.5. The van der Waals surface area contributed by atoms with Crippen LogP contribution in [0.3, 0.4) is 0 Å². The summed E-state index contributed by atoms with van der Waals surface area (Å²) in [7, 11) is 0. The largest absolute Gasteiger partial charge is 0.288 e. The molecular formula is C17H19NO2. The van der Waals surface area contributed by atoms with Gasteiger partial charge in [-0.3, -0.25) is 10.0 Å². The van der Waals surface area contributed by atoms with Gasteiger partial charge in [0, 0.05) is 6.08 Å². The molecule has 0 radical (unpaired) electrons. The van der Waals surface area contributed by atoms with Crippen molar-refractivity contribution < 1.29 is 10.0 Å². The van der Waals surface area contributed by atoms with Crippen LogP contribution in [-0.4, -0.2) is 11.1 Å². The van der Waals surface area contributed by atoms with Crippen molar-refractivity contribution >= 4 is 12.0 Å². The normalized spacial score (nSPS) is 9.70. The minimum absolute atomic E-state index is 0.529. The van der Waals surface area contributed by atoms with Gasteiger partial charge in [-0.15, -0.1) is 0 Å². The molecule has 2 aromatic carbocycles. The Morgan fingerprint density at radius 1 is 1.05 bits per heavy atom. The summed E-state index contributed by atoms with van der Waals surface area (Å²) < 4.78 is 0. The Morgan fingerprint density at radius 3 is 2.05 bits per heavy atom. The van der Waals surface area contributed by atoms with Gasteiger partial charge in [0.15, 0.2) is 0 Å². The van der Waals surface area contributed by atoms with E-state index in [4.69, 9.17) is 5.21 Å². The van der Waals surface area contributed by atoms with Crippen molar-refractivity contribution in [3.63, 3.8) is 0 Å². The Hall–Kier alpha value is -2.39. The maximum atomic E-state index is 10.5. The van der Waals surface area contributed by atoms with Crippen LogP contribution in [0.1, 0.15) is 18.1 Å². The van der Waals surface area contributed by atoms with Crippen LogP contribution in [0.4, 0.5) is 0 Å². The predicted octanol–water partition coefficient (Wildman–Crippen LogP) is 3.45. The van der Waals surface area contributed by atoms with Crippen molar-refractivity contribution in [3.8, 4) is 0 Å². The summed E-state index contributed by atoms with van der Waals surface area (Å²) in [5, 5.41) is 8.16. The summed E-state index contributed by atoms with van der Waals surface area (Å²) >= 11 is 0. The maximum Gasteiger partial charge on any atom is 0.267 e. The predicted molar refractivity (Wildman–Crippen MR) is 81.2 cm³/mol. The van der Waals surface area contributed by atoms with E-state index in [1.165, 1.54) is 17.1 Å². The lowest BCUT2D eigenvalue weighted by molar-refractivity contribution is -0.124. The monoisotopic (exact) mass is 269 g/mol. The van der Waals surface area contributed by atoms with Gasteiger partial charge in [0.1, 0.15) is 0 Å². The van der Waals surface area contributed by atoms with Crippen LogP contribution in [0.15, 0.2) is 66.7 Å². The highest BCUT2D eigenvalue weighted by Gasteiger charge is 1.88. The van der Waals surface area contributed by atoms with Gasteiger partial charge >= 0.3 is 0 Å². The van der Waals surface area contributed by atoms with Gasteiger partial charge < -0.3 is 0 Å². The van der Waals surface area contributed by atoms with Crippen molar-refractivity contribution in [2.24, 2.45) is 0 Å². The lowest BCUT2D eigenvalue weighted by atomic mass is 10.2. The second kappa shape index (κ2) is 9.53. The van der Waals surface area contributed by atoms with E-state index in [1.807, 2.05) is 36.4 Å². The molecule has 3 heteroatoms. The van der Waals surface area contributed by atoms with Crippen molar-refractivity contribution in [2.45, 2.75) is 13.3 Å². The smallest absolute Gasteiger partial charge is 0.267 e. The van der Waals surface area contributed by atoms with E-state index in [-0.39, 0.29) is 0 Å². The molecule has 0 unspecified atom stereocenters. The summed E-state index contributed by atoms with van der Waals surface area (Å²) in [6.07, 6.45) is 4.02. The lowest BCUT2D eigenvalue weighted by Gasteiger charge is -1.90. The highest BCUT2D eigenvalue weighted by molar-refractivity contribution is 5.90.